The maximum atomic E-state index is 12.2. The molecule has 0 atom stereocenters. The molecule has 1 aromatic heterocycles. The normalized spacial score (nSPS) is 10.6. The molecular weight excluding hydrogens is 382 g/mol. The summed E-state index contributed by atoms with van der Waals surface area (Å²) >= 11 is 7.54. The fourth-order valence-electron chi connectivity index (χ4n) is 2.63. The van der Waals surface area contributed by atoms with Crippen LogP contribution in [0.2, 0.25) is 5.02 Å². The highest BCUT2D eigenvalue weighted by molar-refractivity contribution is 7.99. The van der Waals surface area contributed by atoms with Crippen LogP contribution in [-0.4, -0.2) is 28.3 Å². The van der Waals surface area contributed by atoms with E-state index >= 15 is 0 Å². The molecule has 0 radical (unpaired) electrons. The van der Waals surface area contributed by atoms with Crippen molar-refractivity contribution in [1.29, 1.82) is 0 Å². The van der Waals surface area contributed by atoms with Crippen molar-refractivity contribution in [2.24, 2.45) is 7.05 Å². The summed E-state index contributed by atoms with van der Waals surface area (Å²) in [6.45, 7) is 0. The van der Waals surface area contributed by atoms with Gasteiger partial charge >= 0.3 is 0 Å². The maximum absolute atomic E-state index is 12.2. The number of ether oxygens (including phenoxy) is 1. The first-order valence-electron chi connectivity index (χ1n) is 8.42. The highest BCUT2D eigenvalue weighted by atomic mass is 35.5. The summed E-state index contributed by atoms with van der Waals surface area (Å²) in [5.74, 6) is 1.10. The first kappa shape index (κ1) is 19.3. The molecule has 3 rings (SSSR count). The molecule has 2 aromatic carbocycles. The van der Waals surface area contributed by atoms with Gasteiger partial charge in [0.1, 0.15) is 5.75 Å². The van der Waals surface area contributed by atoms with Crippen molar-refractivity contribution in [1.82, 2.24) is 9.55 Å². The van der Waals surface area contributed by atoms with Gasteiger partial charge in [0.2, 0.25) is 5.91 Å². The van der Waals surface area contributed by atoms with Gasteiger partial charge in [-0.1, -0.05) is 53.7 Å². The van der Waals surface area contributed by atoms with Crippen molar-refractivity contribution in [3.63, 3.8) is 0 Å². The van der Waals surface area contributed by atoms with Crippen LogP contribution in [0.1, 0.15) is 6.42 Å². The number of halogens is 1. The van der Waals surface area contributed by atoms with Crippen LogP contribution in [-0.2, 0) is 11.8 Å². The number of anilines is 1. The molecule has 0 saturated carbocycles. The van der Waals surface area contributed by atoms with Crippen molar-refractivity contribution < 1.29 is 9.53 Å². The largest absolute Gasteiger partial charge is 0.495 e. The van der Waals surface area contributed by atoms with E-state index in [9.17, 15) is 4.79 Å². The number of imidazole rings is 1. The summed E-state index contributed by atoms with van der Waals surface area (Å²) in [6.07, 6.45) is 2.21. The van der Waals surface area contributed by atoms with Crippen LogP contribution in [0.25, 0.3) is 11.3 Å². The van der Waals surface area contributed by atoms with Crippen molar-refractivity contribution in [3.05, 3.63) is 59.8 Å². The molecule has 5 nitrogen and oxygen atoms in total. The van der Waals surface area contributed by atoms with E-state index in [2.05, 4.69) is 22.4 Å². The minimum absolute atomic E-state index is 0.0967. The second-order valence-electron chi connectivity index (χ2n) is 5.84. The Morgan fingerprint density at radius 1 is 1.26 bits per heavy atom. The summed E-state index contributed by atoms with van der Waals surface area (Å²) in [5.41, 5.74) is 2.74. The van der Waals surface area contributed by atoms with E-state index in [0.717, 1.165) is 16.4 Å². The molecule has 0 bridgehead atoms. The molecule has 0 saturated heterocycles. The van der Waals surface area contributed by atoms with E-state index < -0.39 is 0 Å². The Labute approximate surface area is 167 Å². The Bertz CT molecular complexity index is 928. The van der Waals surface area contributed by atoms with E-state index in [4.69, 9.17) is 16.3 Å². The Morgan fingerprint density at radius 2 is 2.04 bits per heavy atom. The number of methoxy groups -OCH3 is 1. The molecule has 0 spiro atoms. The van der Waals surface area contributed by atoms with Crippen LogP contribution in [0.4, 0.5) is 5.69 Å². The molecule has 0 unspecified atom stereocenters. The van der Waals surface area contributed by atoms with Crippen LogP contribution in [0.5, 0.6) is 5.75 Å². The van der Waals surface area contributed by atoms with E-state index in [1.165, 1.54) is 0 Å². The van der Waals surface area contributed by atoms with Gasteiger partial charge in [0.05, 0.1) is 24.7 Å². The minimum atomic E-state index is -0.0967. The lowest BCUT2D eigenvalue weighted by Gasteiger charge is -2.10. The smallest absolute Gasteiger partial charge is 0.225 e. The number of rotatable bonds is 7. The fourth-order valence-corrected chi connectivity index (χ4v) is 3.69. The standard InChI is InChI=1S/C20H20ClN3O2S/c1-24-17(14-6-4-3-5-7-14)13-22-20(24)27-11-10-19(25)23-16-12-15(21)8-9-18(16)26-2/h3-9,12-13H,10-11H2,1-2H3,(H,23,25). The number of benzene rings is 2. The molecule has 140 valence electrons. The van der Waals surface area contributed by atoms with Gasteiger partial charge in [-0.05, 0) is 23.8 Å². The van der Waals surface area contributed by atoms with Crippen molar-refractivity contribution in [3.8, 4) is 17.0 Å². The number of hydrogen-bond acceptors (Lipinski definition) is 4. The average Bonchev–Trinajstić information content (AvgIpc) is 3.03. The molecule has 1 heterocycles. The van der Waals surface area contributed by atoms with Gasteiger partial charge in [-0.3, -0.25) is 4.79 Å². The number of amides is 1. The Hall–Kier alpha value is -2.44. The first-order chi connectivity index (χ1) is 13.1. The molecular formula is C20H20ClN3O2S. The monoisotopic (exact) mass is 401 g/mol. The molecule has 0 fully saturated rings. The van der Waals surface area contributed by atoms with Crippen LogP contribution >= 0.6 is 23.4 Å². The highest BCUT2D eigenvalue weighted by Gasteiger charge is 2.11. The van der Waals surface area contributed by atoms with Gasteiger partial charge in [0.25, 0.3) is 0 Å². The molecule has 1 amide bonds. The van der Waals surface area contributed by atoms with Gasteiger partial charge < -0.3 is 14.6 Å². The Morgan fingerprint density at radius 3 is 2.78 bits per heavy atom. The molecule has 0 aliphatic heterocycles. The van der Waals surface area contributed by atoms with E-state index in [0.29, 0.717) is 28.6 Å². The highest BCUT2D eigenvalue weighted by Crippen LogP contribution is 2.28. The molecule has 1 N–H and O–H groups in total. The van der Waals surface area contributed by atoms with E-state index in [-0.39, 0.29) is 5.91 Å². The zero-order valence-electron chi connectivity index (χ0n) is 15.1. The Balaban J connectivity index is 1.57. The zero-order valence-corrected chi connectivity index (χ0v) is 16.7. The predicted octanol–water partition coefficient (Wildman–Crippen LogP) is 4.87. The van der Waals surface area contributed by atoms with E-state index in [1.807, 2.05) is 36.0 Å². The quantitative estimate of drug-likeness (QED) is 0.574. The Kier molecular flexibility index (Phi) is 6.42. The maximum Gasteiger partial charge on any atom is 0.225 e. The zero-order chi connectivity index (χ0) is 19.2. The SMILES string of the molecule is COc1ccc(Cl)cc1NC(=O)CCSc1ncc(-c2ccccc2)n1C. The molecule has 0 aliphatic rings. The second kappa shape index (κ2) is 8.97. The summed E-state index contributed by atoms with van der Waals surface area (Å²) < 4.78 is 7.28. The number of nitrogens with one attached hydrogen (secondary N) is 1. The van der Waals surface area contributed by atoms with Crippen molar-refractivity contribution in [2.45, 2.75) is 11.6 Å². The van der Waals surface area contributed by atoms with Gasteiger partial charge in [0, 0.05) is 24.2 Å². The number of carbonyl (C=O) groups excluding carboxylic acids is 1. The lowest BCUT2D eigenvalue weighted by molar-refractivity contribution is -0.115. The lowest BCUT2D eigenvalue weighted by Crippen LogP contribution is -2.13. The van der Waals surface area contributed by atoms with Gasteiger partial charge in [-0.25, -0.2) is 4.98 Å². The summed E-state index contributed by atoms with van der Waals surface area (Å²) in [4.78, 5) is 16.7. The summed E-state index contributed by atoms with van der Waals surface area (Å²) in [5, 5.41) is 4.27. The topological polar surface area (TPSA) is 56.1 Å². The number of thioether (sulfide) groups is 1. The lowest BCUT2D eigenvalue weighted by atomic mass is 10.2. The number of aromatic nitrogens is 2. The third-order valence-electron chi connectivity index (χ3n) is 4.01. The van der Waals surface area contributed by atoms with Crippen LogP contribution in [0.15, 0.2) is 59.9 Å². The van der Waals surface area contributed by atoms with Crippen LogP contribution < -0.4 is 10.1 Å². The third kappa shape index (κ3) is 4.84. The molecule has 7 heteroatoms. The number of hydrogen-bond donors (Lipinski definition) is 1. The van der Waals surface area contributed by atoms with Crippen LogP contribution in [0.3, 0.4) is 0 Å². The van der Waals surface area contributed by atoms with Gasteiger partial charge in [-0.2, -0.15) is 0 Å². The predicted molar refractivity (Wildman–Crippen MR) is 111 cm³/mol. The van der Waals surface area contributed by atoms with Crippen LogP contribution in [0, 0.1) is 0 Å². The fraction of sp³-hybridized carbons (Fsp3) is 0.200. The second-order valence-corrected chi connectivity index (χ2v) is 7.34. The number of nitrogens with zero attached hydrogens (tertiary/aromatic N) is 2. The van der Waals surface area contributed by atoms with Crippen molar-refractivity contribution >= 4 is 35.0 Å². The molecule has 27 heavy (non-hydrogen) atoms. The van der Waals surface area contributed by atoms with Gasteiger partial charge in [-0.15, -0.1) is 0 Å². The molecule has 3 aromatic rings. The minimum Gasteiger partial charge on any atom is -0.495 e. The summed E-state index contributed by atoms with van der Waals surface area (Å²) in [7, 11) is 3.54. The first-order valence-corrected chi connectivity index (χ1v) is 9.78. The molecule has 0 aliphatic carbocycles. The third-order valence-corrected chi connectivity index (χ3v) is 5.29. The number of carbonyl (C=O) groups is 1. The van der Waals surface area contributed by atoms with Crippen molar-refractivity contribution in [2.75, 3.05) is 18.2 Å². The summed E-state index contributed by atoms with van der Waals surface area (Å²) in [6, 6.07) is 15.2. The van der Waals surface area contributed by atoms with E-state index in [1.54, 1.807) is 37.1 Å². The van der Waals surface area contributed by atoms with Gasteiger partial charge in [0.15, 0.2) is 5.16 Å². The average molecular weight is 402 g/mol.